The van der Waals surface area contributed by atoms with E-state index in [0.29, 0.717) is 16.9 Å². The van der Waals surface area contributed by atoms with Crippen molar-refractivity contribution in [3.05, 3.63) is 65.7 Å². The summed E-state index contributed by atoms with van der Waals surface area (Å²) in [5.74, 6) is -0.203. The van der Waals surface area contributed by atoms with Crippen molar-refractivity contribution in [2.24, 2.45) is 5.73 Å². The first-order chi connectivity index (χ1) is 9.58. The van der Waals surface area contributed by atoms with Crippen molar-refractivity contribution in [1.29, 1.82) is 0 Å². The average molecular weight is 269 g/mol. The molecule has 1 amide bonds. The standard InChI is InChI=1S/C16H15NO3/c1-11(16(17)19)20-14-9-5-8-13(10-14)15(18)12-6-3-2-4-7-12/h2-11H,1H3,(H2,17,19). The first kappa shape index (κ1) is 13.8. The molecule has 102 valence electrons. The molecular weight excluding hydrogens is 254 g/mol. The molecule has 2 N–H and O–H groups in total. The van der Waals surface area contributed by atoms with Crippen LogP contribution < -0.4 is 10.5 Å². The maximum absolute atomic E-state index is 12.3. The number of primary amides is 1. The molecule has 20 heavy (non-hydrogen) atoms. The number of benzene rings is 2. The minimum atomic E-state index is -0.739. The number of hydrogen-bond donors (Lipinski definition) is 1. The van der Waals surface area contributed by atoms with E-state index >= 15 is 0 Å². The predicted molar refractivity (Wildman–Crippen MR) is 75.6 cm³/mol. The van der Waals surface area contributed by atoms with Gasteiger partial charge in [0.15, 0.2) is 11.9 Å². The molecule has 0 aromatic heterocycles. The zero-order valence-electron chi connectivity index (χ0n) is 11.1. The molecule has 4 heteroatoms. The van der Waals surface area contributed by atoms with E-state index in [9.17, 15) is 9.59 Å². The monoisotopic (exact) mass is 269 g/mol. The van der Waals surface area contributed by atoms with Gasteiger partial charge in [0, 0.05) is 11.1 Å². The number of amides is 1. The maximum atomic E-state index is 12.3. The summed E-state index contributed by atoms with van der Waals surface area (Å²) >= 11 is 0. The number of ketones is 1. The Bertz CT molecular complexity index is 623. The predicted octanol–water partition coefficient (Wildman–Crippen LogP) is 2.17. The van der Waals surface area contributed by atoms with E-state index in [1.165, 1.54) is 0 Å². The van der Waals surface area contributed by atoms with Gasteiger partial charge in [-0.15, -0.1) is 0 Å². The molecular formula is C16H15NO3. The second kappa shape index (κ2) is 6.02. The molecule has 2 rings (SSSR count). The second-order valence-electron chi connectivity index (χ2n) is 4.39. The summed E-state index contributed by atoms with van der Waals surface area (Å²) in [5, 5.41) is 0. The molecule has 0 fully saturated rings. The minimum absolute atomic E-state index is 0.0946. The number of carbonyl (C=O) groups excluding carboxylic acids is 2. The van der Waals surface area contributed by atoms with Crippen LogP contribution in [-0.4, -0.2) is 17.8 Å². The van der Waals surface area contributed by atoms with Crippen LogP contribution >= 0.6 is 0 Å². The summed E-state index contributed by atoms with van der Waals surface area (Å²) in [6, 6.07) is 15.7. The summed E-state index contributed by atoms with van der Waals surface area (Å²) in [6.07, 6.45) is -0.739. The highest BCUT2D eigenvalue weighted by Gasteiger charge is 2.13. The third-order valence-corrected chi connectivity index (χ3v) is 2.85. The molecule has 0 saturated heterocycles. The fourth-order valence-electron chi connectivity index (χ4n) is 1.73. The largest absolute Gasteiger partial charge is 0.481 e. The minimum Gasteiger partial charge on any atom is -0.481 e. The highest BCUT2D eigenvalue weighted by atomic mass is 16.5. The van der Waals surface area contributed by atoms with E-state index in [2.05, 4.69) is 0 Å². The van der Waals surface area contributed by atoms with Crippen LogP contribution in [0.25, 0.3) is 0 Å². The number of nitrogens with two attached hydrogens (primary N) is 1. The van der Waals surface area contributed by atoms with Crippen molar-refractivity contribution in [3.63, 3.8) is 0 Å². The van der Waals surface area contributed by atoms with Crippen molar-refractivity contribution in [3.8, 4) is 5.75 Å². The Morgan fingerprint density at radius 2 is 1.65 bits per heavy atom. The van der Waals surface area contributed by atoms with E-state index in [-0.39, 0.29) is 5.78 Å². The van der Waals surface area contributed by atoms with E-state index in [0.717, 1.165) is 0 Å². The molecule has 0 radical (unpaired) electrons. The van der Waals surface area contributed by atoms with Gasteiger partial charge in [0.05, 0.1) is 0 Å². The Labute approximate surface area is 117 Å². The van der Waals surface area contributed by atoms with Crippen LogP contribution in [0.2, 0.25) is 0 Å². The van der Waals surface area contributed by atoms with Crippen LogP contribution in [0.4, 0.5) is 0 Å². The topological polar surface area (TPSA) is 69.4 Å². The molecule has 0 aliphatic heterocycles. The second-order valence-corrected chi connectivity index (χ2v) is 4.39. The zero-order valence-corrected chi connectivity index (χ0v) is 11.1. The molecule has 2 aromatic rings. The third-order valence-electron chi connectivity index (χ3n) is 2.85. The summed E-state index contributed by atoms with van der Waals surface area (Å²) in [4.78, 5) is 23.2. The van der Waals surface area contributed by atoms with Gasteiger partial charge in [0.25, 0.3) is 5.91 Å². The van der Waals surface area contributed by atoms with Crippen molar-refractivity contribution in [2.75, 3.05) is 0 Å². The molecule has 0 spiro atoms. The zero-order chi connectivity index (χ0) is 14.5. The Morgan fingerprint density at radius 3 is 2.30 bits per heavy atom. The molecule has 0 saturated carbocycles. The summed E-state index contributed by atoms with van der Waals surface area (Å²) in [5.41, 5.74) is 6.25. The Balaban J connectivity index is 2.22. The van der Waals surface area contributed by atoms with E-state index in [1.54, 1.807) is 43.3 Å². The lowest BCUT2D eigenvalue weighted by Crippen LogP contribution is -2.30. The van der Waals surface area contributed by atoms with Crippen LogP contribution in [0.15, 0.2) is 54.6 Å². The van der Waals surface area contributed by atoms with Crippen molar-refractivity contribution >= 4 is 11.7 Å². The van der Waals surface area contributed by atoms with E-state index in [1.807, 2.05) is 18.2 Å². The lowest BCUT2D eigenvalue weighted by Gasteiger charge is -2.11. The number of carbonyl (C=O) groups is 2. The van der Waals surface area contributed by atoms with Gasteiger partial charge in [-0.1, -0.05) is 42.5 Å². The average Bonchev–Trinajstić information content (AvgIpc) is 2.47. The Morgan fingerprint density at radius 1 is 1.00 bits per heavy atom. The van der Waals surface area contributed by atoms with Crippen LogP contribution in [0.5, 0.6) is 5.75 Å². The SMILES string of the molecule is CC(Oc1cccc(C(=O)c2ccccc2)c1)C(N)=O. The van der Waals surface area contributed by atoms with Crippen LogP contribution in [0.3, 0.4) is 0 Å². The van der Waals surface area contributed by atoms with Crippen LogP contribution in [-0.2, 0) is 4.79 Å². The fourth-order valence-corrected chi connectivity index (χ4v) is 1.73. The lowest BCUT2D eigenvalue weighted by molar-refractivity contribution is -0.123. The lowest BCUT2D eigenvalue weighted by atomic mass is 10.0. The Hall–Kier alpha value is -2.62. The third kappa shape index (κ3) is 3.23. The molecule has 0 heterocycles. The van der Waals surface area contributed by atoms with Gasteiger partial charge in [-0.2, -0.15) is 0 Å². The van der Waals surface area contributed by atoms with Crippen molar-refractivity contribution < 1.29 is 14.3 Å². The quantitative estimate of drug-likeness (QED) is 0.846. The van der Waals surface area contributed by atoms with Gasteiger partial charge in [0.2, 0.25) is 0 Å². The highest BCUT2D eigenvalue weighted by molar-refractivity contribution is 6.09. The first-order valence-electron chi connectivity index (χ1n) is 6.23. The molecule has 4 nitrogen and oxygen atoms in total. The number of hydrogen-bond acceptors (Lipinski definition) is 3. The molecule has 1 atom stereocenters. The highest BCUT2D eigenvalue weighted by Crippen LogP contribution is 2.17. The van der Waals surface area contributed by atoms with Crippen LogP contribution in [0.1, 0.15) is 22.8 Å². The number of rotatable bonds is 5. The summed E-state index contributed by atoms with van der Waals surface area (Å²) in [6.45, 7) is 1.56. The first-order valence-corrected chi connectivity index (χ1v) is 6.23. The molecule has 2 aromatic carbocycles. The van der Waals surface area contributed by atoms with Gasteiger partial charge in [-0.25, -0.2) is 0 Å². The smallest absolute Gasteiger partial charge is 0.258 e. The normalized spacial score (nSPS) is 11.7. The summed E-state index contributed by atoms with van der Waals surface area (Å²) < 4.78 is 5.38. The molecule has 0 aliphatic carbocycles. The fraction of sp³-hybridized carbons (Fsp3) is 0.125. The Kier molecular flexibility index (Phi) is 4.15. The van der Waals surface area contributed by atoms with Crippen molar-refractivity contribution in [1.82, 2.24) is 0 Å². The van der Waals surface area contributed by atoms with Gasteiger partial charge >= 0.3 is 0 Å². The van der Waals surface area contributed by atoms with Gasteiger partial charge < -0.3 is 10.5 Å². The number of ether oxygens (including phenoxy) is 1. The van der Waals surface area contributed by atoms with Crippen LogP contribution in [0, 0.1) is 0 Å². The maximum Gasteiger partial charge on any atom is 0.258 e. The van der Waals surface area contributed by atoms with Gasteiger partial charge in [0.1, 0.15) is 5.75 Å². The van der Waals surface area contributed by atoms with Gasteiger partial charge in [-0.05, 0) is 19.1 Å². The van der Waals surface area contributed by atoms with Crippen molar-refractivity contribution in [2.45, 2.75) is 13.0 Å². The van der Waals surface area contributed by atoms with E-state index < -0.39 is 12.0 Å². The molecule has 1 unspecified atom stereocenters. The summed E-state index contributed by atoms with van der Waals surface area (Å²) in [7, 11) is 0. The molecule has 0 bridgehead atoms. The van der Waals surface area contributed by atoms with Gasteiger partial charge in [-0.3, -0.25) is 9.59 Å². The van der Waals surface area contributed by atoms with E-state index in [4.69, 9.17) is 10.5 Å². The molecule has 0 aliphatic rings.